The van der Waals surface area contributed by atoms with Crippen molar-refractivity contribution in [3.63, 3.8) is 0 Å². The molecule has 0 aromatic carbocycles. The molecule has 2 heterocycles. The number of morpholine rings is 1. The van der Waals surface area contributed by atoms with Crippen molar-refractivity contribution in [3.8, 4) is 0 Å². The summed E-state index contributed by atoms with van der Waals surface area (Å²) in [4.78, 5) is 6.46. The predicted molar refractivity (Wildman–Crippen MR) is 65.9 cm³/mol. The molecule has 2 atom stereocenters. The monoisotopic (exact) mass is 241 g/mol. The van der Waals surface area contributed by atoms with Crippen LogP contribution in [0.4, 0.5) is 11.5 Å². The number of nitrogens with zero attached hydrogens (tertiary/aromatic N) is 2. The lowest BCUT2D eigenvalue weighted by atomic mass is 10.2. The van der Waals surface area contributed by atoms with Gasteiger partial charge in [0.15, 0.2) is 0 Å². The Bertz CT molecular complexity index is 375. The van der Waals surface area contributed by atoms with Gasteiger partial charge in [-0.15, -0.1) is 0 Å². The highest BCUT2D eigenvalue weighted by Crippen LogP contribution is 2.24. The predicted octanol–water partition coefficient (Wildman–Crippen LogP) is 1.93. The second-order valence-electron chi connectivity index (χ2n) is 4.23. The van der Waals surface area contributed by atoms with E-state index in [0.717, 1.165) is 18.9 Å². The minimum atomic E-state index is 0.211. The van der Waals surface area contributed by atoms with Gasteiger partial charge in [0.25, 0.3) is 0 Å². The summed E-state index contributed by atoms with van der Waals surface area (Å²) in [6, 6.07) is 1.81. The first-order valence-electron chi connectivity index (χ1n) is 5.37. The van der Waals surface area contributed by atoms with E-state index in [2.05, 4.69) is 23.7 Å². The molecule has 1 aromatic rings. The van der Waals surface area contributed by atoms with E-state index in [1.54, 1.807) is 6.20 Å². The maximum absolute atomic E-state index is 5.85. The highest BCUT2D eigenvalue weighted by atomic mass is 35.5. The minimum Gasteiger partial charge on any atom is -0.397 e. The summed E-state index contributed by atoms with van der Waals surface area (Å²) in [5.41, 5.74) is 6.33. The second-order valence-corrected chi connectivity index (χ2v) is 4.63. The van der Waals surface area contributed by atoms with Gasteiger partial charge < -0.3 is 15.4 Å². The van der Waals surface area contributed by atoms with Crippen LogP contribution in [0, 0.1) is 0 Å². The van der Waals surface area contributed by atoms with Gasteiger partial charge in [-0.2, -0.15) is 0 Å². The molecule has 0 amide bonds. The summed E-state index contributed by atoms with van der Waals surface area (Å²) in [7, 11) is 0. The van der Waals surface area contributed by atoms with E-state index in [1.165, 1.54) is 0 Å². The zero-order chi connectivity index (χ0) is 11.7. The zero-order valence-electron chi connectivity index (χ0n) is 9.48. The fourth-order valence-electron chi connectivity index (χ4n) is 1.98. The number of nitrogen functional groups attached to an aromatic ring is 1. The molecule has 2 rings (SSSR count). The third-order valence-electron chi connectivity index (χ3n) is 2.61. The first kappa shape index (κ1) is 11.5. The van der Waals surface area contributed by atoms with Crippen LogP contribution in [0.15, 0.2) is 12.3 Å². The number of hydrogen-bond acceptors (Lipinski definition) is 4. The van der Waals surface area contributed by atoms with Crippen LogP contribution in [-0.4, -0.2) is 30.3 Å². The van der Waals surface area contributed by atoms with Crippen LogP contribution >= 0.6 is 11.6 Å². The lowest BCUT2D eigenvalue weighted by molar-refractivity contribution is -0.00545. The van der Waals surface area contributed by atoms with Crippen molar-refractivity contribution in [2.75, 3.05) is 23.7 Å². The van der Waals surface area contributed by atoms with Crippen molar-refractivity contribution in [1.82, 2.24) is 4.98 Å². The normalized spacial score (nSPS) is 25.8. The van der Waals surface area contributed by atoms with Gasteiger partial charge in [-0.3, -0.25) is 0 Å². The maximum atomic E-state index is 5.85. The Morgan fingerprint density at radius 1 is 1.44 bits per heavy atom. The average molecular weight is 242 g/mol. The number of ether oxygens (including phenoxy) is 1. The fourth-order valence-corrected chi connectivity index (χ4v) is 2.08. The molecule has 16 heavy (non-hydrogen) atoms. The average Bonchev–Trinajstić information content (AvgIpc) is 2.20. The van der Waals surface area contributed by atoms with E-state index < -0.39 is 0 Å². The van der Waals surface area contributed by atoms with Crippen LogP contribution in [-0.2, 0) is 4.74 Å². The summed E-state index contributed by atoms with van der Waals surface area (Å²) in [6.07, 6.45) is 2.02. The molecule has 1 aromatic heterocycles. The van der Waals surface area contributed by atoms with Crippen molar-refractivity contribution in [3.05, 3.63) is 17.3 Å². The van der Waals surface area contributed by atoms with Crippen LogP contribution in [0.3, 0.4) is 0 Å². The quantitative estimate of drug-likeness (QED) is 0.816. The molecule has 5 heteroatoms. The Balaban J connectivity index is 2.19. The molecule has 2 unspecified atom stereocenters. The molecule has 88 valence electrons. The van der Waals surface area contributed by atoms with Crippen LogP contribution in [0.2, 0.25) is 5.02 Å². The zero-order valence-corrected chi connectivity index (χ0v) is 10.2. The molecular formula is C11H16ClN3O. The van der Waals surface area contributed by atoms with E-state index in [0.29, 0.717) is 10.7 Å². The Kier molecular flexibility index (Phi) is 3.21. The Morgan fingerprint density at radius 2 is 2.06 bits per heavy atom. The van der Waals surface area contributed by atoms with Gasteiger partial charge in [0.2, 0.25) is 0 Å². The first-order chi connectivity index (χ1) is 7.56. The van der Waals surface area contributed by atoms with Crippen LogP contribution in [0.1, 0.15) is 13.8 Å². The van der Waals surface area contributed by atoms with Crippen molar-refractivity contribution in [2.24, 2.45) is 0 Å². The molecule has 1 fully saturated rings. The van der Waals surface area contributed by atoms with Gasteiger partial charge in [0.05, 0.1) is 22.9 Å². The number of halogens is 1. The smallest absolute Gasteiger partial charge is 0.130 e. The molecule has 1 saturated heterocycles. The van der Waals surface area contributed by atoms with E-state index >= 15 is 0 Å². The van der Waals surface area contributed by atoms with Crippen molar-refractivity contribution in [2.45, 2.75) is 26.1 Å². The molecule has 0 spiro atoms. The van der Waals surface area contributed by atoms with E-state index in [4.69, 9.17) is 22.1 Å². The summed E-state index contributed by atoms with van der Waals surface area (Å²) in [5, 5.41) is 0.498. The van der Waals surface area contributed by atoms with Crippen molar-refractivity contribution in [1.29, 1.82) is 0 Å². The third kappa shape index (κ3) is 2.39. The molecule has 1 aliphatic rings. The van der Waals surface area contributed by atoms with Crippen molar-refractivity contribution >= 4 is 23.1 Å². The van der Waals surface area contributed by atoms with Gasteiger partial charge in [0.1, 0.15) is 5.82 Å². The molecular weight excluding hydrogens is 226 g/mol. The number of nitrogens with two attached hydrogens (primary N) is 1. The minimum absolute atomic E-state index is 0.211. The Morgan fingerprint density at radius 3 is 2.62 bits per heavy atom. The fraction of sp³-hybridized carbons (Fsp3) is 0.545. The van der Waals surface area contributed by atoms with E-state index in [1.807, 2.05) is 6.07 Å². The summed E-state index contributed by atoms with van der Waals surface area (Å²) in [6.45, 7) is 5.78. The van der Waals surface area contributed by atoms with Gasteiger partial charge in [-0.25, -0.2) is 4.98 Å². The number of anilines is 2. The van der Waals surface area contributed by atoms with Crippen molar-refractivity contribution < 1.29 is 4.74 Å². The standard InChI is InChI=1S/C11H16ClN3O/c1-7-5-15(6-8(2)16-7)11-3-10(13)9(12)4-14-11/h3-4,7-8H,5-6H2,1-2H3,(H2,13,14). The molecule has 2 N–H and O–H groups in total. The topological polar surface area (TPSA) is 51.4 Å². The molecule has 1 aliphatic heterocycles. The number of rotatable bonds is 1. The first-order valence-corrected chi connectivity index (χ1v) is 5.75. The largest absolute Gasteiger partial charge is 0.397 e. The van der Waals surface area contributed by atoms with Crippen LogP contribution < -0.4 is 10.6 Å². The Hall–Kier alpha value is -1.00. The van der Waals surface area contributed by atoms with Gasteiger partial charge in [-0.1, -0.05) is 11.6 Å². The van der Waals surface area contributed by atoms with E-state index in [9.17, 15) is 0 Å². The second kappa shape index (κ2) is 4.47. The molecule has 4 nitrogen and oxygen atoms in total. The highest BCUT2D eigenvalue weighted by Gasteiger charge is 2.23. The molecule has 0 radical (unpaired) electrons. The lowest BCUT2D eigenvalue weighted by Crippen LogP contribution is -2.45. The van der Waals surface area contributed by atoms with Crippen LogP contribution in [0.25, 0.3) is 0 Å². The van der Waals surface area contributed by atoms with Gasteiger partial charge >= 0.3 is 0 Å². The molecule has 0 bridgehead atoms. The third-order valence-corrected chi connectivity index (χ3v) is 2.93. The highest BCUT2D eigenvalue weighted by molar-refractivity contribution is 6.32. The van der Waals surface area contributed by atoms with Crippen LogP contribution in [0.5, 0.6) is 0 Å². The number of aromatic nitrogens is 1. The lowest BCUT2D eigenvalue weighted by Gasteiger charge is -2.36. The van der Waals surface area contributed by atoms with Gasteiger partial charge in [0, 0.05) is 25.4 Å². The summed E-state index contributed by atoms with van der Waals surface area (Å²) < 4.78 is 5.67. The molecule has 0 aliphatic carbocycles. The summed E-state index contributed by atoms with van der Waals surface area (Å²) >= 11 is 5.85. The maximum Gasteiger partial charge on any atom is 0.130 e. The molecule has 0 saturated carbocycles. The van der Waals surface area contributed by atoms with Gasteiger partial charge in [-0.05, 0) is 13.8 Å². The van der Waals surface area contributed by atoms with E-state index in [-0.39, 0.29) is 12.2 Å². The number of hydrogen-bond donors (Lipinski definition) is 1. The Labute approximate surface area is 100 Å². The number of pyridine rings is 1. The summed E-state index contributed by atoms with van der Waals surface area (Å²) in [5.74, 6) is 0.865. The SMILES string of the molecule is CC1CN(c2cc(N)c(Cl)cn2)CC(C)O1.